The lowest BCUT2D eigenvalue weighted by molar-refractivity contribution is 0.103. The van der Waals surface area contributed by atoms with Gasteiger partial charge >= 0.3 is 0 Å². The van der Waals surface area contributed by atoms with Crippen molar-refractivity contribution in [1.29, 1.82) is 0 Å². The number of aromatic nitrogens is 2. The first kappa shape index (κ1) is 12.4. The summed E-state index contributed by atoms with van der Waals surface area (Å²) in [6.45, 7) is 1.97. The number of ketones is 1. The fourth-order valence-corrected chi connectivity index (χ4v) is 2.10. The zero-order chi connectivity index (χ0) is 13.9. The van der Waals surface area contributed by atoms with Crippen LogP contribution in [0.3, 0.4) is 0 Å². The molecular formula is C17H14N2O. The zero-order valence-electron chi connectivity index (χ0n) is 11.2. The maximum absolute atomic E-state index is 12.4. The van der Waals surface area contributed by atoms with Crippen molar-refractivity contribution < 1.29 is 4.79 Å². The molecule has 0 radical (unpaired) electrons. The summed E-state index contributed by atoms with van der Waals surface area (Å²) in [4.78, 5) is 12.4. The van der Waals surface area contributed by atoms with Gasteiger partial charge in [-0.1, -0.05) is 42.0 Å². The van der Waals surface area contributed by atoms with Gasteiger partial charge in [0.15, 0.2) is 0 Å². The number of aryl methyl sites for hydroxylation is 1. The third kappa shape index (κ3) is 2.38. The van der Waals surface area contributed by atoms with Crippen molar-refractivity contribution in [2.45, 2.75) is 6.92 Å². The quantitative estimate of drug-likeness (QED) is 0.678. The van der Waals surface area contributed by atoms with Crippen LogP contribution in [-0.4, -0.2) is 15.6 Å². The monoisotopic (exact) mass is 262 g/mol. The van der Waals surface area contributed by atoms with E-state index in [9.17, 15) is 4.79 Å². The van der Waals surface area contributed by atoms with E-state index in [4.69, 9.17) is 0 Å². The Kier molecular flexibility index (Phi) is 3.17. The number of benzene rings is 2. The van der Waals surface area contributed by atoms with Crippen LogP contribution in [0.1, 0.15) is 21.6 Å². The van der Waals surface area contributed by atoms with Gasteiger partial charge < -0.3 is 0 Å². The number of nitrogens with zero attached hydrogens (tertiary/aromatic N) is 2. The van der Waals surface area contributed by atoms with Crippen LogP contribution in [0.15, 0.2) is 66.9 Å². The second-order valence-corrected chi connectivity index (χ2v) is 4.68. The van der Waals surface area contributed by atoms with E-state index in [0.29, 0.717) is 11.3 Å². The van der Waals surface area contributed by atoms with Crippen LogP contribution in [-0.2, 0) is 0 Å². The SMILES string of the molecule is Cc1cccc(C(=O)c2ccn(-c3ccccc3)n2)c1. The van der Waals surface area contributed by atoms with Crippen LogP contribution in [0.5, 0.6) is 0 Å². The molecule has 1 heterocycles. The highest BCUT2D eigenvalue weighted by Gasteiger charge is 2.12. The van der Waals surface area contributed by atoms with Crippen LogP contribution >= 0.6 is 0 Å². The predicted molar refractivity (Wildman–Crippen MR) is 78.2 cm³/mol. The lowest BCUT2D eigenvalue weighted by Gasteiger charge is -2.01. The molecule has 0 saturated carbocycles. The molecule has 3 nitrogen and oxygen atoms in total. The normalized spacial score (nSPS) is 10.4. The van der Waals surface area contributed by atoms with E-state index < -0.39 is 0 Å². The van der Waals surface area contributed by atoms with Gasteiger partial charge in [-0.3, -0.25) is 4.79 Å². The van der Waals surface area contributed by atoms with Gasteiger partial charge in [0.2, 0.25) is 5.78 Å². The fourth-order valence-electron chi connectivity index (χ4n) is 2.10. The van der Waals surface area contributed by atoms with Gasteiger partial charge in [-0.15, -0.1) is 0 Å². The van der Waals surface area contributed by atoms with Crippen molar-refractivity contribution in [2.24, 2.45) is 0 Å². The Hall–Kier alpha value is -2.68. The molecule has 0 saturated heterocycles. The molecule has 2 aromatic carbocycles. The van der Waals surface area contributed by atoms with Gasteiger partial charge in [0.1, 0.15) is 5.69 Å². The molecule has 0 spiro atoms. The van der Waals surface area contributed by atoms with E-state index >= 15 is 0 Å². The Morgan fingerprint density at radius 3 is 2.55 bits per heavy atom. The van der Waals surface area contributed by atoms with Gasteiger partial charge in [0, 0.05) is 11.8 Å². The summed E-state index contributed by atoms with van der Waals surface area (Å²) in [5.74, 6) is -0.0524. The first-order valence-electron chi connectivity index (χ1n) is 6.46. The smallest absolute Gasteiger partial charge is 0.213 e. The summed E-state index contributed by atoms with van der Waals surface area (Å²) in [7, 11) is 0. The van der Waals surface area contributed by atoms with E-state index in [2.05, 4.69) is 5.10 Å². The third-order valence-corrected chi connectivity index (χ3v) is 3.12. The minimum absolute atomic E-state index is 0.0524. The summed E-state index contributed by atoms with van der Waals surface area (Å²) in [5, 5.41) is 4.35. The van der Waals surface area contributed by atoms with Crippen LogP contribution in [0, 0.1) is 6.92 Å². The van der Waals surface area contributed by atoms with E-state index in [1.165, 1.54) is 0 Å². The molecule has 0 aliphatic rings. The zero-order valence-corrected chi connectivity index (χ0v) is 11.2. The van der Waals surface area contributed by atoms with Crippen molar-refractivity contribution >= 4 is 5.78 Å². The highest BCUT2D eigenvalue weighted by atomic mass is 16.1. The van der Waals surface area contributed by atoms with Gasteiger partial charge in [-0.05, 0) is 31.2 Å². The molecule has 0 amide bonds. The highest BCUT2D eigenvalue weighted by Crippen LogP contribution is 2.12. The number of rotatable bonds is 3. The number of carbonyl (C=O) groups is 1. The van der Waals surface area contributed by atoms with Crippen molar-refractivity contribution in [3.8, 4) is 5.69 Å². The molecule has 0 bridgehead atoms. The first-order valence-corrected chi connectivity index (χ1v) is 6.46. The van der Waals surface area contributed by atoms with Crippen molar-refractivity contribution in [3.05, 3.63) is 83.7 Å². The number of hydrogen-bond donors (Lipinski definition) is 0. The highest BCUT2D eigenvalue weighted by molar-refractivity contribution is 6.07. The lowest BCUT2D eigenvalue weighted by Crippen LogP contribution is -2.04. The van der Waals surface area contributed by atoms with E-state index in [0.717, 1.165) is 11.3 Å². The van der Waals surface area contributed by atoms with Gasteiger partial charge in [-0.2, -0.15) is 5.10 Å². The Bertz CT molecular complexity index is 744. The molecule has 3 rings (SSSR count). The Morgan fingerprint density at radius 2 is 1.80 bits per heavy atom. The second kappa shape index (κ2) is 5.13. The molecule has 3 aromatic rings. The Labute approximate surface area is 117 Å². The van der Waals surface area contributed by atoms with Crippen molar-refractivity contribution in [3.63, 3.8) is 0 Å². The molecule has 98 valence electrons. The first-order chi connectivity index (χ1) is 9.74. The van der Waals surface area contributed by atoms with Crippen LogP contribution in [0.4, 0.5) is 0 Å². The topological polar surface area (TPSA) is 34.9 Å². The van der Waals surface area contributed by atoms with Gasteiger partial charge in [0.05, 0.1) is 5.69 Å². The van der Waals surface area contributed by atoms with Crippen molar-refractivity contribution in [2.75, 3.05) is 0 Å². The van der Waals surface area contributed by atoms with E-state index in [1.54, 1.807) is 16.9 Å². The summed E-state index contributed by atoms with van der Waals surface area (Å²) in [6.07, 6.45) is 1.80. The summed E-state index contributed by atoms with van der Waals surface area (Å²) in [6, 6.07) is 19.0. The average molecular weight is 262 g/mol. The standard InChI is InChI=1S/C17H14N2O/c1-13-6-5-7-14(12-13)17(20)16-10-11-19(18-16)15-8-3-2-4-9-15/h2-12H,1H3. The maximum atomic E-state index is 12.4. The largest absolute Gasteiger partial charge is 0.287 e. The Morgan fingerprint density at radius 1 is 1.00 bits per heavy atom. The fraction of sp³-hybridized carbons (Fsp3) is 0.0588. The minimum atomic E-state index is -0.0524. The molecule has 0 aliphatic carbocycles. The molecule has 3 heteroatoms. The summed E-state index contributed by atoms with van der Waals surface area (Å²) in [5.41, 5.74) is 3.14. The van der Waals surface area contributed by atoms with Crippen LogP contribution in [0.25, 0.3) is 5.69 Å². The molecule has 0 aliphatic heterocycles. The number of hydrogen-bond acceptors (Lipinski definition) is 2. The van der Waals surface area contributed by atoms with Crippen molar-refractivity contribution in [1.82, 2.24) is 9.78 Å². The molecule has 0 N–H and O–H groups in total. The average Bonchev–Trinajstić information content (AvgIpc) is 2.97. The van der Waals surface area contributed by atoms with Gasteiger partial charge in [0.25, 0.3) is 0 Å². The molecule has 0 fully saturated rings. The van der Waals surface area contributed by atoms with Crippen LogP contribution < -0.4 is 0 Å². The van der Waals surface area contributed by atoms with E-state index in [1.807, 2.05) is 61.5 Å². The molecule has 0 unspecified atom stereocenters. The van der Waals surface area contributed by atoms with Crippen LogP contribution in [0.2, 0.25) is 0 Å². The number of carbonyl (C=O) groups excluding carboxylic acids is 1. The van der Waals surface area contributed by atoms with E-state index in [-0.39, 0.29) is 5.78 Å². The maximum Gasteiger partial charge on any atom is 0.213 e. The molecule has 20 heavy (non-hydrogen) atoms. The molecular weight excluding hydrogens is 248 g/mol. The third-order valence-electron chi connectivity index (χ3n) is 3.12. The lowest BCUT2D eigenvalue weighted by atomic mass is 10.1. The molecule has 1 aromatic heterocycles. The summed E-state index contributed by atoms with van der Waals surface area (Å²) >= 11 is 0. The summed E-state index contributed by atoms with van der Waals surface area (Å²) < 4.78 is 1.71. The Balaban J connectivity index is 1.93. The minimum Gasteiger partial charge on any atom is -0.287 e. The molecule has 0 atom stereocenters. The second-order valence-electron chi connectivity index (χ2n) is 4.68. The number of para-hydroxylation sites is 1. The van der Waals surface area contributed by atoms with Gasteiger partial charge in [-0.25, -0.2) is 4.68 Å². The predicted octanol–water partition coefficient (Wildman–Crippen LogP) is 3.41.